The summed E-state index contributed by atoms with van der Waals surface area (Å²) in [5.74, 6) is 0. The van der Waals surface area contributed by atoms with E-state index in [1.54, 1.807) is 0 Å². The SMILES string of the molecule is CC[Si](Cl)(CC)C1C(C)=Cc2c(-c3ccc(C(C)(C)C)cc3)cccc21. The molecule has 2 aromatic rings. The molecule has 0 bridgehead atoms. The zero-order valence-electron chi connectivity index (χ0n) is 17.0. The Bertz CT molecular complexity index is 820. The molecule has 3 rings (SSSR count). The number of benzene rings is 2. The molecule has 1 atom stereocenters. The molecular formula is C24H31ClSi. The Hall–Kier alpha value is -1.31. The lowest BCUT2D eigenvalue weighted by molar-refractivity contribution is 0.590. The fraction of sp³-hybridized carbons (Fsp3) is 0.417. The lowest BCUT2D eigenvalue weighted by atomic mass is 9.86. The second kappa shape index (κ2) is 7.02. The van der Waals surface area contributed by atoms with Gasteiger partial charge in [-0.2, -0.15) is 11.1 Å². The summed E-state index contributed by atoms with van der Waals surface area (Å²) >= 11 is 7.20. The van der Waals surface area contributed by atoms with Gasteiger partial charge in [0.05, 0.1) is 0 Å². The first-order chi connectivity index (χ1) is 12.2. The van der Waals surface area contributed by atoms with Gasteiger partial charge < -0.3 is 0 Å². The van der Waals surface area contributed by atoms with Gasteiger partial charge in [0, 0.05) is 5.54 Å². The van der Waals surface area contributed by atoms with E-state index in [1.165, 1.54) is 33.4 Å². The fourth-order valence-corrected chi connectivity index (χ4v) is 8.19. The number of fused-ring (bicyclic) bond motifs is 1. The molecule has 2 aromatic carbocycles. The molecule has 1 unspecified atom stereocenters. The van der Waals surface area contributed by atoms with Gasteiger partial charge in [-0.15, -0.1) is 0 Å². The molecule has 0 nitrogen and oxygen atoms in total. The normalized spacial score (nSPS) is 17.2. The molecule has 0 aliphatic heterocycles. The molecule has 1 aliphatic rings. The van der Waals surface area contributed by atoms with Crippen LogP contribution in [-0.2, 0) is 5.41 Å². The number of allylic oxidation sites excluding steroid dienone is 1. The smallest absolute Gasteiger partial charge is 0.166 e. The minimum absolute atomic E-state index is 0.185. The number of hydrogen-bond donors (Lipinski definition) is 0. The second-order valence-electron chi connectivity index (χ2n) is 8.70. The molecule has 0 radical (unpaired) electrons. The summed E-state index contributed by atoms with van der Waals surface area (Å²) in [4.78, 5) is 0. The van der Waals surface area contributed by atoms with E-state index in [9.17, 15) is 0 Å². The molecule has 0 saturated heterocycles. The lowest BCUT2D eigenvalue weighted by Crippen LogP contribution is -2.34. The van der Waals surface area contributed by atoms with Gasteiger partial charge in [-0.25, -0.2) is 0 Å². The molecule has 0 saturated carbocycles. The third kappa shape index (κ3) is 3.32. The van der Waals surface area contributed by atoms with Crippen LogP contribution < -0.4 is 0 Å². The Morgan fingerprint density at radius 1 is 0.962 bits per heavy atom. The minimum Gasteiger partial charge on any atom is -0.166 e. The van der Waals surface area contributed by atoms with Crippen molar-refractivity contribution in [3.63, 3.8) is 0 Å². The van der Waals surface area contributed by atoms with Crippen LogP contribution in [0.2, 0.25) is 12.1 Å². The van der Waals surface area contributed by atoms with Crippen molar-refractivity contribution in [3.8, 4) is 11.1 Å². The number of halogens is 1. The van der Waals surface area contributed by atoms with Crippen LogP contribution in [0.15, 0.2) is 48.0 Å². The van der Waals surface area contributed by atoms with Crippen molar-refractivity contribution in [2.45, 2.75) is 64.6 Å². The van der Waals surface area contributed by atoms with Crippen molar-refractivity contribution in [3.05, 3.63) is 64.7 Å². The summed E-state index contributed by atoms with van der Waals surface area (Å²) in [7, 11) is -1.83. The van der Waals surface area contributed by atoms with Crippen molar-refractivity contribution < 1.29 is 0 Å². The summed E-state index contributed by atoms with van der Waals surface area (Å²) in [5.41, 5.74) is 8.93. The Morgan fingerprint density at radius 3 is 2.12 bits per heavy atom. The maximum absolute atomic E-state index is 7.20. The van der Waals surface area contributed by atoms with Gasteiger partial charge in [0.15, 0.2) is 7.38 Å². The Kier molecular flexibility index (Phi) is 5.25. The third-order valence-electron chi connectivity index (χ3n) is 6.03. The molecule has 0 spiro atoms. The van der Waals surface area contributed by atoms with Gasteiger partial charge in [-0.3, -0.25) is 0 Å². The van der Waals surface area contributed by atoms with Gasteiger partial charge >= 0.3 is 0 Å². The maximum atomic E-state index is 7.20. The average Bonchev–Trinajstić information content (AvgIpc) is 2.97. The third-order valence-corrected chi connectivity index (χ3v) is 12.4. The summed E-state index contributed by atoms with van der Waals surface area (Å²) < 4.78 is 0. The van der Waals surface area contributed by atoms with Gasteiger partial charge in [-0.05, 0) is 52.2 Å². The lowest BCUT2D eigenvalue weighted by Gasteiger charge is -2.31. The van der Waals surface area contributed by atoms with E-state index in [4.69, 9.17) is 11.1 Å². The van der Waals surface area contributed by atoms with Crippen LogP contribution in [0.4, 0.5) is 0 Å². The molecule has 0 amide bonds. The van der Waals surface area contributed by atoms with Crippen LogP contribution in [0.5, 0.6) is 0 Å². The second-order valence-corrected chi connectivity index (χ2v) is 15.0. The maximum Gasteiger partial charge on any atom is 0.167 e. The summed E-state index contributed by atoms with van der Waals surface area (Å²) in [6, 6.07) is 18.1. The molecule has 138 valence electrons. The molecule has 26 heavy (non-hydrogen) atoms. The summed E-state index contributed by atoms with van der Waals surface area (Å²) in [5, 5.41) is 0. The van der Waals surface area contributed by atoms with Gasteiger partial charge in [-0.1, -0.05) is 88.7 Å². The van der Waals surface area contributed by atoms with E-state index < -0.39 is 7.38 Å². The van der Waals surface area contributed by atoms with Crippen LogP contribution in [0.25, 0.3) is 17.2 Å². The van der Waals surface area contributed by atoms with Crippen LogP contribution in [0, 0.1) is 0 Å². The van der Waals surface area contributed by atoms with Crippen molar-refractivity contribution >= 4 is 24.5 Å². The first-order valence-electron chi connectivity index (χ1n) is 9.82. The van der Waals surface area contributed by atoms with Crippen molar-refractivity contribution in [2.75, 3.05) is 0 Å². The quantitative estimate of drug-likeness (QED) is 0.372. The fourth-order valence-electron chi connectivity index (χ4n) is 4.30. The van der Waals surface area contributed by atoms with Crippen molar-refractivity contribution in [2.24, 2.45) is 0 Å². The van der Waals surface area contributed by atoms with Crippen LogP contribution in [-0.4, -0.2) is 7.38 Å². The van der Waals surface area contributed by atoms with E-state index in [0.29, 0.717) is 5.54 Å². The van der Waals surface area contributed by atoms with Crippen LogP contribution in [0.1, 0.15) is 63.8 Å². The van der Waals surface area contributed by atoms with Crippen molar-refractivity contribution in [1.29, 1.82) is 0 Å². The van der Waals surface area contributed by atoms with E-state index in [2.05, 4.69) is 90.1 Å². The zero-order chi connectivity index (χ0) is 19.1. The highest BCUT2D eigenvalue weighted by atomic mass is 35.6. The zero-order valence-corrected chi connectivity index (χ0v) is 18.7. The predicted octanol–water partition coefficient (Wildman–Crippen LogP) is 7.91. The summed E-state index contributed by atoms with van der Waals surface area (Å²) in [6.07, 6.45) is 2.39. The largest absolute Gasteiger partial charge is 0.167 e. The Balaban J connectivity index is 2.08. The monoisotopic (exact) mass is 382 g/mol. The Morgan fingerprint density at radius 2 is 1.58 bits per heavy atom. The summed E-state index contributed by atoms with van der Waals surface area (Å²) in [6.45, 7) is 13.6. The molecule has 0 aromatic heterocycles. The number of rotatable bonds is 4. The first kappa shape index (κ1) is 19.4. The predicted molar refractivity (Wildman–Crippen MR) is 120 cm³/mol. The highest BCUT2D eigenvalue weighted by molar-refractivity contribution is 7.21. The highest BCUT2D eigenvalue weighted by Crippen LogP contribution is 2.49. The highest BCUT2D eigenvalue weighted by Gasteiger charge is 2.42. The molecule has 0 heterocycles. The minimum atomic E-state index is -1.83. The van der Waals surface area contributed by atoms with Gasteiger partial charge in [0.1, 0.15) is 0 Å². The Labute approximate surface area is 165 Å². The average molecular weight is 383 g/mol. The van der Waals surface area contributed by atoms with Gasteiger partial charge in [0.2, 0.25) is 0 Å². The number of hydrogen-bond acceptors (Lipinski definition) is 0. The van der Waals surface area contributed by atoms with E-state index in [-0.39, 0.29) is 5.41 Å². The first-order valence-corrected chi connectivity index (χ1v) is 13.3. The van der Waals surface area contributed by atoms with Gasteiger partial charge in [0.25, 0.3) is 0 Å². The van der Waals surface area contributed by atoms with E-state index in [0.717, 1.165) is 12.1 Å². The van der Waals surface area contributed by atoms with E-state index >= 15 is 0 Å². The topological polar surface area (TPSA) is 0 Å². The molecule has 0 N–H and O–H groups in total. The van der Waals surface area contributed by atoms with Crippen LogP contribution in [0.3, 0.4) is 0 Å². The molecule has 2 heteroatoms. The standard InChI is InChI=1S/C24H31ClSi/c1-7-26(25,8-2)23-17(3)16-22-20(10-9-11-21(22)23)18-12-14-19(15-13-18)24(4,5)6/h9-16,23H,7-8H2,1-6H3. The molecule has 0 fully saturated rings. The molecule has 1 aliphatic carbocycles. The van der Waals surface area contributed by atoms with Crippen molar-refractivity contribution in [1.82, 2.24) is 0 Å². The van der Waals surface area contributed by atoms with Crippen LogP contribution >= 0.6 is 11.1 Å². The van der Waals surface area contributed by atoms with E-state index in [1.807, 2.05) is 0 Å². The molecular weight excluding hydrogens is 352 g/mol.